The van der Waals surface area contributed by atoms with E-state index in [-0.39, 0.29) is 11.9 Å². The van der Waals surface area contributed by atoms with Gasteiger partial charge in [0.1, 0.15) is 5.82 Å². The van der Waals surface area contributed by atoms with Gasteiger partial charge in [-0.2, -0.15) is 0 Å². The largest absolute Gasteiger partial charge is 0.378 e. The fourth-order valence-corrected chi connectivity index (χ4v) is 2.83. The first-order chi connectivity index (χ1) is 9.81. The van der Waals surface area contributed by atoms with E-state index < -0.39 is 0 Å². The summed E-state index contributed by atoms with van der Waals surface area (Å²) in [5.41, 5.74) is 0.789. The van der Waals surface area contributed by atoms with Crippen molar-refractivity contribution in [2.45, 2.75) is 57.6 Å². The molecule has 0 aliphatic carbocycles. The molecule has 20 heavy (non-hydrogen) atoms. The minimum atomic E-state index is -0.106. The smallest absolute Gasteiger partial charge is 0.127 e. The van der Waals surface area contributed by atoms with E-state index in [4.69, 9.17) is 4.74 Å². The lowest BCUT2D eigenvalue weighted by Gasteiger charge is -2.26. The van der Waals surface area contributed by atoms with E-state index in [0.717, 1.165) is 44.4 Å². The van der Waals surface area contributed by atoms with Crippen LogP contribution in [0.1, 0.15) is 57.1 Å². The van der Waals surface area contributed by atoms with E-state index in [1.807, 2.05) is 12.1 Å². The molecule has 2 rings (SSSR count). The van der Waals surface area contributed by atoms with E-state index in [0.29, 0.717) is 6.10 Å². The van der Waals surface area contributed by atoms with Gasteiger partial charge in [0.15, 0.2) is 0 Å². The minimum Gasteiger partial charge on any atom is -0.378 e. The Labute approximate surface area is 121 Å². The van der Waals surface area contributed by atoms with Gasteiger partial charge in [-0.25, -0.2) is 4.39 Å². The quantitative estimate of drug-likeness (QED) is 0.807. The van der Waals surface area contributed by atoms with Crippen molar-refractivity contribution in [2.24, 2.45) is 0 Å². The van der Waals surface area contributed by atoms with E-state index in [2.05, 4.69) is 12.2 Å². The number of benzene rings is 1. The molecule has 1 heterocycles. The molecular formula is C17H26FNO. The number of hydrogen-bond donors (Lipinski definition) is 1. The van der Waals surface area contributed by atoms with Crippen LogP contribution >= 0.6 is 0 Å². The second-order valence-corrected chi connectivity index (χ2v) is 5.59. The molecule has 1 aliphatic heterocycles. The second-order valence-electron chi connectivity index (χ2n) is 5.59. The molecule has 0 saturated carbocycles. The number of halogens is 1. The van der Waals surface area contributed by atoms with Crippen LogP contribution in [0, 0.1) is 5.82 Å². The van der Waals surface area contributed by atoms with Gasteiger partial charge in [-0.15, -0.1) is 0 Å². The van der Waals surface area contributed by atoms with Crippen molar-refractivity contribution in [3.05, 3.63) is 35.6 Å². The highest BCUT2D eigenvalue weighted by molar-refractivity contribution is 5.21. The fourth-order valence-electron chi connectivity index (χ4n) is 2.83. The lowest BCUT2D eigenvalue weighted by molar-refractivity contribution is 0.00849. The summed E-state index contributed by atoms with van der Waals surface area (Å²) >= 11 is 0. The van der Waals surface area contributed by atoms with E-state index in [1.54, 1.807) is 12.1 Å². The standard InChI is InChI=1S/C17H26FNO/c1-2-12-19-17(15-8-3-4-9-16(15)18)11-10-14-7-5-6-13-20-14/h3-4,8-9,14,17,19H,2,5-7,10-13H2,1H3. The molecule has 1 aromatic rings. The molecule has 1 saturated heterocycles. The van der Waals surface area contributed by atoms with E-state index in [9.17, 15) is 4.39 Å². The van der Waals surface area contributed by atoms with Crippen molar-refractivity contribution in [2.75, 3.05) is 13.2 Å². The van der Waals surface area contributed by atoms with Crippen molar-refractivity contribution in [1.29, 1.82) is 0 Å². The molecule has 0 aromatic heterocycles. The van der Waals surface area contributed by atoms with Gasteiger partial charge >= 0.3 is 0 Å². The molecule has 0 spiro atoms. The maximum Gasteiger partial charge on any atom is 0.127 e. The highest BCUT2D eigenvalue weighted by atomic mass is 19.1. The summed E-state index contributed by atoms with van der Waals surface area (Å²) in [4.78, 5) is 0. The maximum absolute atomic E-state index is 14.0. The van der Waals surface area contributed by atoms with Crippen molar-refractivity contribution in [3.8, 4) is 0 Å². The van der Waals surface area contributed by atoms with E-state index in [1.165, 1.54) is 12.8 Å². The molecule has 1 fully saturated rings. The van der Waals surface area contributed by atoms with Gasteiger partial charge in [0.25, 0.3) is 0 Å². The van der Waals surface area contributed by atoms with Crippen LogP contribution in [0.3, 0.4) is 0 Å². The Morgan fingerprint density at radius 1 is 1.35 bits per heavy atom. The van der Waals surface area contributed by atoms with Gasteiger partial charge in [0, 0.05) is 18.2 Å². The first-order valence-electron chi connectivity index (χ1n) is 7.90. The topological polar surface area (TPSA) is 21.3 Å². The summed E-state index contributed by atoms with van der Waals surface area (Å²) in [6.07, 6.45) is 6.96. The second kappa shape index (κ2) is 8.38. The van der Waals surface area contributed by atoms with Crippen LogP contribution in [0.5, 0.6) is 0 Å². The van der Waals surface area contributed by atoms with Crippen LogP contribution in [-0.2, 0) is 4.74 Å². The van der Waals surface area contributed by atoms with Crippen LogP contribution < -0.4 is 5.32 Å². The molecule has 1 aliphatic rings. The lowest BCUT2D eigenvalue weighted by Crippen LogP contribution is -2.26. The van der Waals surface area contributed by atoms with Crippen molar-refractivity contribution < 1.29 is 9.13 Å². The third kappa shape index (κ3) is 4.57. The van der Waals surface area contributed by atoms with Crippen molar-refractivity contribution in [3.63, 3.8) is 0 Å². The zero-order valence-corrected chi connectivity index (χ0v) is 12.4. The normalized spacial score (nSPS) is 20.8. The maximum atomic E-state index is 14.0. The first kappa shape index (κ1) is 15.5. The Morgan fingerprint density at radius 3 is 2.90 bits per heavy atom. The SMILES string of the molecule is CCCNC(CCC1CCCCO1)c1ccccc1F. The number of nitrogens with one attached hydrogen (secondary N) is 1. The van der Waals surface area contributed by atoms with Crippen LogP contribution in [0.25, 0.3) is 0 Å². The van der Waals surface area contributed by atoms with Gasteiger partial charge < -0.3 is 10.1 Å². The van der Waals surface area contributed by atoms with Gasteiger partial charge in [-0.05, 0) is 51.1 Å². The van der Waals surface area contributed by atoms with Gasteiger partial charge in [-0.1, -0.05) is 25.1 Å². The van der Waals surface area contributed by atoms with Crippen LogP contribution in [0.4, 0.5) is 4.39 Å². The van der Waals surface area contributed by atoms with Crippen molar-refractivity contribution >= 4 is 0 Å². The Balaban J connectivity index is 1.94. The average molecular weight is 279 g/mol. The van der Waals surface area contributed by atoms with Crippen molar-refractivity contribution in [1.82, 2.24) is 5.32 Å². The number of rotatable bonds is 7. The third-order valence-electron chi connectivity index (χ3n) is 3.97. The molecule has 2 unspecified atom stereocenters. The van der Waals surface area contributed by atoms with Gasteiger partial charge in [-0.3, -0.25) is 0 Å². The molecule has 2 nitrogen and oxygen atoms in total. The molecule has 112 valence electrons. The van der Waals surface area contributed by atoms with Gasteiger partial charge in [0.05, 0.1) is 6.10 Å². The van der Waals surface area contributed by atoms with Gasteiger partial charge in [0.2, 0.25) is 0 Å². The molecule has 0 bridgehead atoms. The molecular weight excluding hydrogens is 253 g/mol. The minimum absolute atomic E-state index is 0.0988. The van der Waals surface area contributed by atoms with Crippen LogP contribution in [0.2, 0.25) is 0 Å². The predicted octanol–water partition coefficient (Wildman–Crippen LogP) is 4.22. The Kier molecular flexibility index (Phi) is 6.48. The molecule has 2 atom stereocenters. The Morgan fingerprint density at radius 2 is 2.20 bits per heavy atom. The summed E-state index contributed by atoms with van der Waals surface area (Å²) in [5.74, 6) is -0.106. The van der Waals surface area contributed by atoms with E-state index >= 15 is 0 Å². The fraction of sp³-hybridized carbons (Fsp3) is 0.647. The van der Waals surface area contributed by atoms with Crippen LogP contribution in [0.15, 0.2) is 24.3 Å². The highest BCUT2D eigenvalue weighted by Crippen LogP contribution is 2.25. The Hall–Kier alpha value is -0.930. The predicted molar refractivity (Wildman–Crippen MR) is 80.3 cm³/mol. The molecule has 0 amide bonds. The molecule has 0 radical (unpaired) electrons. The summed E-state index contributed by atoms with van der Waals surface area (Å²) in [5, 5.41) is 3.47. The highest BCUT2D eigenvalue weighted by Gasteiger charge is 2.19. The summed E-state index contributed by atoms with van der Waals surface area (Å²) in [7, 11) is 0. The monoisotopic (exact) mass is 279 g/mol. The third-order valence-corrected chi connectivity index (χ3v) is 3.97. The number of hydrogen-bond acceptors (Lipinski definition) is 2. The number of ether oxygens (including phenoxy) is 1. The summed E-state index contributed by atoms with van der Waals surface area (Å²) in [6.45, 7) is 3.94. The summed E-state index contributed by atoms with van der Waals surface area (Å²) < 4.78 is 19.7. The van der Waals surface area contributed by atoms with Crippen LogP contribution in [-0.4, -0.2) is 19.3 Å². The molecule has 1 N–H and O–H groups in total. The average Bonchev–Trinajstić information content (AvgIpc) is 2.49. The zero-order valence-electron chi connectivity index (χ0n) is 12.4. The molecule has 3 heteroatoms. The zero-order chi connectivity index (χ0) is 14.2. The Bertz CT molecular complexity index is 390. The molecule has 1 aromatic carbocycles. The first-order valence-corrected chi connectivity index (χ1v) is 7.90. The lowest BCUT2D eigenvalue weighted by atomic mass is 9.97. The summed E-state index contributed by atoms with van der Waals surface area (Å²) in [6, 6.07) is 7.20.